The second-order valence-electron chi connectivity index (χ2n) is 7.72. The highest BCUT2D eigenvalue weighted by molar-refractivity contribution is 5.86. The molecule has 2 heterocycles. The minimum absolute atomic E-state index is 0.188. The SMILES string of the molecule is CNC(CC#N)C1CCN(c2ccc3c(=O)[nH]c(=O)n(C4CC4)c3c2C)C1. The summed E-state index contributed by atoms with van der Waals surface area (Å²) in [5.74, 6) is 0.412. The number of anilines is 1. The lowest BCUT2D eigenvalue weighted by Crippen LogP contribution is -2.35. The van der Waals surface area contributed by atoms with E-state index in [1.165, 1.54) is 0 Å². The van der Waals surface area contributed by atoms with Crippen LogP contribution in [0.2, 0.25) is 0 Å². The summed E-state index contributed by atoms with van der Waals surface area (Å²) >= 11 is 0. The van der Waals surface area contributed by atoms with Crippen molar-refractivity contribution in [2.24, 2.45) is 5.92 Å². The Balaban J connectivity index is 1.75. The summed E-state index contributed by atoms with van der Waals surface area (Å²) in [6.45, 7) is 3.79. The quantitative estimate of drug-likeness (QED) is 0.838. The van der Waals surface area contributed by atoms with Crippen molar-refractivity contribution in [3.8, 4) is 6.07 Å². The summed E-state index contributed by atoms with van der Waals surface area (Å²) in [5.41, 5.74) is 2.22. The van der Waals surface area contributed by atoms with Crippen LogP contribution in [0.3, 0.4) is 0 Å². The molecule has 0 radical (unpaired) electrons. The molecular formula is C20H25N5O2. The molecule has 1 aromatic carbocycles. The molecule has 1 aliphatic carbocycles. The molecular weight excluding hydrogens is 342 g/mol. The van der Waals surface area contributed by atoms with Gasteiger partial charge in [-0.25, -0.2) is 4.79 Å². The predicted octanol–water partition coefficient (Wildman–Crippen LogP) is 1.66. The maximum Gasteiger partial charge on any atom is 0.329 e. The van der Waals surface area contributed by atoms with Crippen LogP contribution in [0.25, 0.3) is 10.9 Å². The third kappa shape index (κ3) is 3.04. The molecule has 1 saturated heterocycles. The Morgan fingerprint density at radius 2 is 2.11 bits per heavy atom. The summed E-state index contributed by atoms with van der Waals surface area (Å²) in [7, 11) is 1.91. The lowest BCUT2D eigenvalue weighted by Gasteiger charge is -2.25. The van der Waals surface area contributed by atoms with Crippen LogP contribution in [-0.4, -0.2) is 35.7 Å². The summed E-state index contributed by atoms with van der Waals surface area (Å²) in [5, 5.41) is 12.9. The van der Waals surface area contributed by atoms with Gasteiger partial charge in [-0.2, -0.15) is 5.26 Å². The van der Waals surface area contributed by atoms with E-state index in [-0.39, 0.29) is 23.3 Å². The molecule has 2 fully saturated rings. The first-order chi connectivity index (χ1) is 13.0. The molecule has 2 unspecified atom stereocenters. The van der Waals surface area contributed by atoms with Gasteiger partial charge in [0.05, 0.1) is 23.4 Å². The highest BCUT2D eigenvalue weighted by Crippen LogP contribution is 2.38. The molecule has 0 spiro atoms. The zero-order chi connectivity index (χ0) is 19.1. The van der Waals surface area contributed by atoms with Gasteiger partial charge in [0, 0.05) is 30.9 Å². The van der Waals surface area contributed by atoms with Crippen molar-refractivity contribution in [1.82, 2.24) is 14.9 Å². The van der Waals surface area contributed by atoms with Crippen LogP contribution < -0.4 is 21.5 Å². The van der Waals surface area contributed by atoms with Crippen molar-refractivity contribution in [2.75, 3.05) is 25.0 Å². The second-order valence-corrected chi connectivity index (χ2v) is 7.72. The number of nitrogens with zero attached hydrogens (tertiary/aromatic N) is 3. The summed E-state index contributed by atoms with van der Waals surface area (Å²) in [6, 6.07) is 6.49. The van der Waals surface area contributed by atoms with Crippen LogP contribution >= 0.6 is 0 Å². The average Bonchev–Trinajstić information content (AvgIpc) is 3.37. The zero-order valence-electron chi connectivity index (χ0n) is 15.8. The molecule has 142 valence electrons. The number of aromatic amines is 1. The fraction of sp³-hybridized carbons (Fsp3) is 0.550. The van der Waals surface area contributed by atoms with Crippen molar-refractivity contribution < 1.29 is 0 Å². The monoisotopic (exact) mass is 367 g/mol. The van der Waals surface area contributed by atoms with Gasteiger partial charge < -0.3 is 10.2 Å². The van der Waals surface area contributed by atoms with Crippen LogP contribution in [0.4, 0.5) is 5.69 Å². The smallest absolute Gasteiger partial charge is 0.329 e. The van der Waals surface area contributed by atoms with Crippen LogP contribution in [-0.2, 0) is 0 Å². The maximum absolute atomic E-state index is 12.4. The topological polar surface area (TPSA) is 93.9 Å². The van der Waals surface area contributed by atoms with E-state index in [0.717, 1.165) is 49.1 Å². The number of hydrogen-bond acceptors (Lipinski definition) is 5. The largest absolute Gasteiger partial charge is 0.371 e. The third-order valence-electron chi connectivity index (χ3n) is 6.06. The van der Waals surface area contributed by atoms with E-state index < -0.39 is 0 Å². The molecule has 27 heavy (non-hydrogen) atoms. The first-order valence-corrected chi connectivity index (χ1v) is 9.62. The number of nitrogens with one attached hydrogen (secondary N) is 2. The normalized spacial score (nSPS) is 20.8. The Morgan fingerprint density at radius 1 is 1.33 bits per heavy atom. The van der Waals surface area contributed by atoms with Gasteiger partial charge in [0.1, 0.15) is 0 Å². The van der Waals surface area contributed by atoms with Crippen LogP contribution in [0.15, 0.2) is 21.7 Å². The number of aromatic nitrogens is 2. The molecule has 0 amide bonds. The van der Waals surface area contributed by atoms with Gasteiger partial charge in [-0.1, -0.05) is 0 Å². The molecule has 2 N–H and O–H groups in total. The van der Waals surface area contributed by atoms with Gasteiger partial charge in [-0.15, -0.1) is 0 Å². The summed E-state index contributed by atoms with van der Waals surface area (Å²) in [4.78, 5) is 29.5. The number of hydrogen-bond donors (Lipinski definition) is 2. The van der Waals surface area contributed by atoms with E-state index in [1.54, 1.807) is 4.57 Å². The van der Waals surface area contributed by atoms with E-state index in [2.05, 4.69) is 21.3 Å². The summed E-state index contributed by atoms with van der Waals surface area (Å²) in [6.07, 6.45) is 3.49. The average molecular weight is 367 g/mol. The minimum atomic E-state index is -0.315. The third-order valence-corrected chi connectivity index (χ3v) is 6.06. The first kappa shape index (κ1) is 17.8. The van der Waals surface area contributed by atoms with Gasteiger partial charge in [0.2, 0.25) is 0 Å². The highest BCUT2D eigenvalue weighted by Gasteiger charge is 2.31. The predicted molar refractivity (Wildman–Crippen MR) is 105 cm³/mol. The fourth-order valence-corrected chi connectivity index (χ4v) is 4.47. The second kappa shape index (κ2) is 6.86. The van der Waals surface area contributed by atoms with Crippen LogP contribution in [0.5, 0.6) is 0 Å². The van der Waals surface area contributed by atoms with Crippen molar-refractivity contribution in [3.63, 3.8) is 0 Å². The molecule has 4 rings (SSSR count). The zero-order valence-corrected chi connectivity index (χ0v) is 15.8. The van der Waals surface area contributed by atoms with E-state index >= 15 is 0 Å². The molecule has 1 aromatic heterocycles. The van der Waals surface area contributed by atoms with E-state index in [1.807, 2.05) is 26.1 Å². The highest BCUT2D eigenvalue weighted by atomic mass is 16.2. The van der Waals surface area contributed by atoms with Crippen molar-refractivity contribution in [1.29, 1.82) is 5.26 Å². The minimum Gasteiger partial charge on any atom is -0.371 e. The van der Waals surface area contributed by atoms with Crippen LogP contribution in [0.1, 0.15) is 37.3 Å². The van der Waals surface area contributed by atoms with E-state index in [4.69, 9.17) is 5.26 Å². The van der Waals surface area contributed by atoms with Crippen LogP contribution in [0, 0.1) is 24.2 Å². The first-order valence-electron chi connectivity index (χ1n) is 9.62. The van der Waals surface area contributed by atoms with Gasteiger partial charge in [0.25, 0.3) is 5.56 Å². The van der Waals surface area contributed by atoms with E-state index in [0.29, 0.717) is 17.7 Å². The van der Waals surface area contributed by atoms with Crippen molar-refractivity contribution in [3.05, 3.63) is 38.5 Å². The van der Waals surface area contributed by atoms with Crippen molar-refractivity contribution >= 4 is 16.6 Å². The lowest BCUT2D eigenvalue weighted by molar-refractivity contribution is 0.406. The molecule has 2 atom stereocenters. The standard InChI is InChI=1S/C20H25N5O2/c1-12-17(24-10-8-13(11-24)16(22-2)7-9-21)6-5-15-18(12)25(14-3-4-14)20(27)23-19(15)26/h5-6,13-14,16,22H,3-4,7-8,10-11H2,1-2H3,(H,23,26,27). The fourth-order valence-electron chi connectivity index (χ4n) is 4.47. The molecule has 7 nitrogen and oxygen atoms in total. The van der Waals surface area contributed by atoms with Gasteiger partial charge in [0.15, 0.2) is 0 Å². The molecule has 2 aliphatic rings. The van der Waals surface area contributed by atoms with Gasteiger partial charge in [-0.3, -0.25) is 14.3 Å². The number of aryl methyl sites for hydroxylation is 1. The summed E-state index contributed by atoms with van der Waals surface area (Å²) < 4.78 is 1.77. The van der Waals surface area contributed by atoms with Gasteiger partial charge in [-0.05, 0) is 56.8 Å². The lowest BCUT2D eigenvalue weighted by atomic mass is 9.97. The molecule has 0 bridgehead atoms. The Morgan fingerprint density at radius 3 is 2.78 bits per heavy atom. The molecule has 7 heteroatoms. The number of rotatable bonds is 5. The van der Waals surface area contributed by atoms with Crippen molar-refractivity contribution in [2.45, 2.75) is 44.7 Å². The maximum atomic E-state index is 12.4. The molecule has 2 aromatic rings. The molecule has 1 saturated carbocycles. The Hall–Kier alpha value is -2.59. The Bertz CT molecular complexity index is 1030. The number of fused-ring (bicyclic) bond motifs is 1. The van der Waals surface area contributed by atoms with Gasteiger partial charge >= 0.3 is 5.69 Å². The molecule has 1 aliphatic heterocycles. The Labute approximate surface area is 157 Å². The van der Waals surface area contributed by atoms with E-state index in [9.17, 15) is 9.59 Å². The Kier molecular flexibility index (Phi) is 4.52. The number of benzene rings is 1. The number of H-pyrrole nitrogens is 1. The number of nitriles is 1.